The third-order valence-corrected chi connectivity index (χ3v) is 4.15. The van der Waals surface area contributed by atoms with Gasteiger partial charge in [-0.1, -0.05) is 0 Å². The van der Waals surface area contributed by atoms with E-state index in [1.54, 1.807) is 29.7 Å². The molecule has 2 heterocycles. The van der Waals surface area contributed by atoms with Crippen molar-refractivity contribution in [2.24, 2.45) is 10.2 Å². The molecule has 2 aromatic heterocycles. The minimum absolute atomic E-state index is 0.280. The average Bonchev–Trinajstić information content (AvgIpc) is 2.97. The maximum atomic E-state index is 9.79. The molecule has 0 aliphatic rings. The summed E-state index contributed by atoms with van der Waals surface area (Å²) < 4.78 is 0.952. The molecule has 0 atom stereocenters. The van der Waals surface area contributed by atoms with Crippen LogP contribution in [0.4, 0.5) is 10.8 Å². The van der Waals surface area contributed by atoms with Gasteiger partial charge in [0.15, 0.2) is 0 Å². The highest BCUT2D eigenvalue weighted by Gasteiger charge is 2.08. The number of aromatic nitrogens is 1. The number of rotatable bonds is 2. The number of phenols is 1. The molecule has 3 rings (SSSR count). The summed E-state index contributed by atoms with van der Waals surface area (Å²) in [6.07, 6.45) is 1.70. The molecule has 0 bridgehead atoms. The fourth-order valence-corrected chi connectivity index (χ4v) is 3.10. The number of hydrogen-bond acceptors (Lipinski definition) is 6. The van der Waals surface area contributed by atoms with Crippen molar-refractivity contribution in [2.45, 2.75) is 6.92 Å². The Labute approximate surface area is 111 Å². The number of aromatic hydroxyl groups is 1. The predicted molar refractivity (Wildman–Crippen MR) is 74.5 cm³/mol. The van der Waals surface area contributed by atoms with Crippen LogP contribution >= 0.6 is 22.7 Å². The van der Waals surface area contributed by atoms with Gasteiger partial charge in [0.1, 0.15) is 11.4 Å². The Kier molecular flexibility index (Phi) is 2.81. The van der Waals surface area contributed by atoms with Crippen LogP contribution in [0.15, 0.2) is 40.0 Å². The first kappa shape index (κ1) is 11.3. The number of fused-ring (bicyclic) bond motifs is 1. The second-order valence-electron chi connectivity index (χ2n) is 3.72. The largest absolute Gasteiger partial charge is 0.507 e. The highest BCUT2D eigenvalue weighted by molar-refractivity contribution is 7.19. The molecular formula is C12H9N3OS2. The van der Waals surface area contributed by atoms with Gasteiger partial charge in [0, 0.05) is 21.8 Å². The van der Waals surface area contributed by atoms with Gasteiger partial charge in [0.25, 0.3) is 0 Å². The number of azo groups is 1. The Morgan fingerprint density at radius 2 is 2.17 bits per heavy atom. The predicted octanol–water partition coefficient (Wildman–Crippen LogP) is 4.79. The van der Waals surface area contributed by atoms with Crippen molar-refractivity contribution in [3.05, 3.63) is 34.7 Å². The van der Waals surface area contributed by atoms with E-state index in [0.717, 1.165) is 20.7 Å². The van der Waals surface area contributed by atoms with Crippen molar-refractivity contribution in [1.82, 2.24) is 4.98 Å². The van der Waals surface area contributed by atoms with E-state index in [4.69, 9.17) is 0 Å². The molecule has 18 heavy (non-hydrogen) atoms. The number of aryl methyl sites for hydroxylation is 1. The molecular weight excluding hydrogens is 266 g/mol. The van der Waals surface area contributed by atoms with Crippen LogP contribution in [0.25, 0.3) is 10.1 Å². The van der Waals surface area contributed by atoms with Crippen LogP contribution in [0, 0.1) is 6.92 Å². The minimum Gasteiger partial charge on any atom is -0.507 e. The third kappa shape index (κ3) is 2.00. The Morgan fingerprint density at radius 1 is 1.28 bits per heavy atom. The molecule has 0 radical (unpaired) electrons. The number of phenolic OH excluding ortho intramolecular Hbond substituents is 1. The fraction of sp³-hybridized carbons (Fsp3) is 0.0833. The summed E-state index contributed by atoms with van der Waals surface area (Å²) in [7, 11) is 0. The number of hydrogen-bond donors (Lipinski definition) is 1. The molecule has 1 N–H and O–H groups in total. The summed E-state index contributed by atoms with van der Waals surface area (Å²) in [4.78, 5) is 5.18. The first-order chi connectivity index (χ1) is 8.74. The van der Waals surface area contributed by atoms with Crippen molar-refractivity contribution in [3.63, 3.8) is 0 Å². The molecule has 0 fully saturated rings. The van der Waals surface area contributed by atoms with E-state index in [2.05, 4.69) is 15.2 Å². The highest BCUT2D eigenvalue weighted by atomic mass is 32.1. The summed E-state index contributed by atoms with van der Waals surface area (Å²) in [5.41, 5.74) is 0.760. The molecule has 1 aromatic carbocycles. The highest BCUT2D eigenvalue weighted by Crippen LogP contribution is 2.39. The van der Waals surface area contributed by atoms with Crippen LogP contribution in [0.2, 0.25) is 0 Å². The number of benzene rings is 1. The zero-order valence-corrected chi connectivity index (χ0v) is 11.1. The van der Waals surface area contributed by atoms with Gasteiger partial charge in [-0.25, -0.2) is 4.98 Å². The van der Waals surface area contributed by atoms with Gasteiger partial charge in [0.05, 0.1) is 4.70 Å². The van der Waals surface area contributed by atoms with E-state index >= 15 is 0 Å². The van der Waals surface area contributed by atoms with Crippen molar-refractivity contribution in [3.8, 4) is 5.75 Å². The van der Waals surface area contributed by atoms with E-state index in [1.807, 2.05) is 18.4 Å². The van der Waals surface area contributed by atoms with Crippen LogP contribution in [0.3, 0.4) is 0 Å². The smallest absolute Gasteiger partial charge is 0.229 e. The number of thiophene rings is 1. The Balaban J connectivity index is 2.09. The van der Waals surface area contributed by atoms with E-state index in [1.165, 1.54) is 11.3 Å². The summed E-state index contributed by atoms with van der Waals surface area (Å²) in [5, 5.41) is 21.4. The number of thiazole rings is 1. The summed E-state index contributed by atoms with van der Waals surface area (Å²) >= 11 is 3.04. The Bertz CT molecular complexity index is 716. The zero-order chi connectivity index (χ0) is 12.5. The van der Waals surface area contributed by atoms with E-state index in [-0.39, 0.29) is 5.75 Å². The summed E-state index contributed by atoms with van der Waals surface area (Å²) in [5.74, 6) is 0.280. The molecule has 0 saturated heterocycles. The molecule has 3 aromatic rings. The Morgan fingerprint density at radius 3 is 2.94 bits per heavy atom. The SMILES string of the molecule is Cc1cc2c(O)ccc(N=Nc3nccs3)c2s1. The van der Waals surface area contributed by atoms with Crippen molar-refractivity contribution in [2.75, 3.05) is 0 Å². The molecule has 6 heteroatoms. The molecule has 90 valence electrons. The minimum atomic E-state index is 0.280. The lowest BCUT2D eigenvalue weighted by Crippen LogP contribution is -1.68. The lowest BCUT2D eigenvalue weighted by atomic mass is 10.2. The van der Waals surface area contributed by atoms with Gasteiger partial charge in [0.2, 0.25) is 5.13 Å². The lowest BCUT2D eigenvalue weighted by molar-refractivity contribution is 0.482. The summed E-state index contributed by atoms with van der Waals surface area (Å²) in [6.45, 7) is 2.01. The van der Waals surface area contributed by atoms with Crippen LogP contribution < -0.4 is 0 Å². The van der Waals surface area contributed by atoms with Gasteiger partial charge in [-0.2, -0.15) is 0 Å². The van der Waals surface area contributed by atoms with Gasteiger partial charge in [-0.15, -0.1) is 32.9 Å². The lowest BCUT2D eigenvalue weighted by Gasteiger charge is -1.97. The zero-order valence-electron chi connectivity index (χ0n) is 9.49. The van der Waals surface area contributed by atoms with Gasteiger partial charge >= 0.3 is 0 Å². The molecule has 0 amide bonds. The first-order valence-electron chi connectivity index (χ1n) is 5.27. The molecule has 4 nitrogen and oxygen atoms in total. The first-order valence-corrected chi connectivity index (χ1v) is 6.97. The van der Waals surface area contributed by atoms with Crippen LogP contribution in [-0.4, -0.2) is 10.1 Å². The number of nitrogens with zero attached hydrogens (tertiary/aromatic N) is 3. The quantitative estimate of drug-likeness (QED) is 0.684. The molecule has 0 aliphatic carbocycles. The normalized spacial score (nSPS) is 11.6. The maximum Gasteiger partial charge on any atom is 0.229 e. The van der Waals surface area contributed by atoms with Crippen molar-refractivity contribution >= 4 is 43.6 Å². The molecule has 0 aliphatic heterocycles. The van der Waals surface area contributed by atoms with Crippen molar-refractivity contribution in [1.29, 1.82) is 0 Å². The molecule has 0 saturated carbocycles. The van der Waals surface area contributed by atoms with Gasteiger partial charge in [-0.05, 0) is 25.1 Å². The second kappa shape index (κ2) is 4.47. The van der Waals surface area contributed by atoms with Gasteiger partial charge in [-0.3, -0.25) is 0 Å². The molecule has 0 spiro atoms. The monoisotopic (exact) mass is 275 g/mol. The second-order valence-corrected chi connectivity index (χ2v) is 5.85. The van der Waals surface area contributed by atoms with Crippen molar-refractivity contribution < 1.29 is 5.11 Å². The van der Waals surface area contributed by atoms with Crippen LogP contribution in [0.5, 0.6) is 5.75 Å². The Hall–Kier alpha value is -1.79. The van der Waals surface area contributed by atoms with E-state index < -0.39 is 0 Å². The average molecular weight is 275 g/mol. The standard InChI is InChI=1S/C12H9N3OS2/c1-7-6-8-10(16)3-2-9(11(8)18-7)14-15-12-13-4-5-17-12/h2-6,16H,1H3. The summed E-state index contributed by atoms with van der Waals surface area (Å²) in [6, 6.07) is 5.37. The van der Waals surface area contributed by atoms with E-state index in [9.17, 15) is 5.11 Å². The van der Waals surface area contributed by atoms with Gasteiger partial charge < -0.3 is 5.11 Å². The fourth-order valence-electron chi connectivity index (χ4n) is 1.66. The molecule has 0 unspecified atom stereocenters. The maximum absolute atomic E-state index is 9.79. The van der Waals surface area contributed by atoms with E-state index in [0.29, 0.717) is 5.13 Å². The topological polar surface area (TPSA) is 57.8 Å². The third-order valence-electron chi connectivity index (χ3n) is 2.43. The van der Waals surface area contributed by atoms with Crippen LogP contribution in [0.1, 0.15) is 4.88 Å². The van der Waals surface area contributed by atoms with Crippen LogP contribution in [-0.2, 0) is 0 Å².